The lowest BCUT2D eigenvalue weighted by Crippen LogP contribution is -2.51. The summed E-state index contributed by atoms with van der Waals surface area (Å²) in [5.41, 5.74) is -1.26. The number of benzene rings is 1. The Labute approximate surface area is 118 Å². The second kappa shape index (κ2) is 6.93. The Balaban J connectivity index is 2.37. The molecule has 0 aliphatic heterocycles. The Morgan fingerprint density at radius 2 is 1.90 bits per heavy atom. The molecule has 0 aromatic heterocycles. The molecular formula is C15H21NO4. The minimum absolute atomic E-state index is 0.283. The van der Waals surface area contributed by atoms with Gasteiger partial charge in [-0.25, -0.2) is 4.79 Å². The summed E-state index contributed by atoms with van der Waals surface area (Å²) in [4.78, 5) is 22.8. The van der Waals surface area contributed by atoms with Gasteiger partial charge in [0, 0.05) is 5.92 Å². The first-order valence-electron chi connectivity index (χ1n) is 6.56. The van der Waals surface area contributed by atoms with Crippen LogP contribution in [0.3, 0.4) is 0 Å². The standard InChI is InChI=1S/C15H21NO4/c1-11(13(17)16-15(2,3)14(18)19)9-10-20-12-7-5-4-6-8-12/h4-8,11H,9-10H2,1-3H3,(H,16,17)(H,18,19). The summed E-state index contributed by atoms with van der Waals surface area (Å²) < 4.78 is 5.51. The third-order valence-corrected chi connectivity index (χ3v) is 2.98. The van der Waals surface area contributed by atoms with Crippen LogP contribution in [0, 0.1) is 5.92 Å². The van der Waals surface area contributed by atoms with Crippen LogP contribution in [-0.4, -0.2) is 29.1 Å². The Bertz CT molecular complexity index is 456. The number of carboxylic acids is 1. The van der Waals surface area contributed by atoms with E-state index in [4.69, 9.17) is 9.84 Å². The minimum atomic E-state index is -1.26. The summed E-state index contributed by atoms with van der Waals surface area (Å²) >= 11 is 0. The molecule has 110 valence electrons. The van der Waals surface area contributed by atoms with Crippen molar-refractivity contribution in [3.63, 3.8) is 0 Å². The van der Waals surface area contributed by atoms with Crippen LogP contribution in [0.4, 0.5) is 0 Å². The van der Waals surface area contributed by atoms with E-state index in [0.29, 0.717) is 13.0 Å². The zero-order valence-electron chi connectivity index (χ0n) is 12.1. The molecule has 1 amide bonds. The molecule has 1 unspecified atom stereocenters. The van der Waals surface area contributed by atoms with Crippen LogP contribution in [0.15, 0.2) is 30.3 Å². The molecule has 0 saturated carbocycles. The molecule has 0 bridgehead atoms. The second-order valence-corrected chi connectivity index (χ2v) is 5.27. The fraction of sp³-hybridized carbons (Fsp3) is 0.467. The quantitative estimate of drug-likeness (QED) is 0.801. The van der Waals surface area contributed by atoms with Gasteiger partial charge in [-0.05, 0) is 32.4 Å². The topological polar surface area (TPSA) is 75.6 Å². The number of carboxylic acid groups (broad SMARTS) is 1. The first-order valence-corrected chi connectivity index (χ1v) is 6.56. The van der Waals surface area contributed by atoms with Crippen LogP contribution in [0.5, 0.6) is 5.75 Å². The molecule has 5 nitrogen and oxygen atoms in total. The van der Waals surface area contributed by atoms with E-state index >= 15 is 0 Å². The molecule has 1 atom stereocenters. The van der Waals surface area contributed by atoms with Crippen molar-refractivity contribution in [2.24, 2.45) is 5.92 Å². The highest BCUT2D eigenvalue weighted by atomic mass is 16.5. The van der Waals surface area contributed by atoms with Gasteiger partial charge in [-0.1, -0.05) is 25.1 Å². The van der Waals surface area contributed by atoms with E-state index < -0.39 is 11.5 Å². The molecule has 0 aliphatic rings. The van der Waals surface area contributed by atoms with Crippen molar-refractivity contribution >= 4 is 11.9 Å². The molecule has 0 spiro atoms. The van der Waals surface area contributed by atoms with Crippen molar-refractivity contribution < 1.29 is 19.4 Å². The van der Waals surface area contributed by atoms with Crippen LogP contribution in [0.1, 0.15) is 27.2 Å². The van der Waals surface area contributed by atoms with E-state index in [1.165, 1.54) is 13.8 Å². The van der Waals surface area contributed by atoms with E-state index in [0.717, 1.165) is 5.75 Å². The number of nitrogens with one attached hydrogen (secondary N) is 1. The molecular weight excluding hydrogens is 258 g/mol. The normalized spacial score (nSPS) is 12.6. The van der Waals surface area contributed by atoms with Crippen molar-refractivity contribution in [2.75, 3.05) is 6.61 Å². The molecule has 1 aromatic rings. The highest BCUT2D eigenvalue weighted by molar-refractivity contribution is 5.87. The number of hydrogen-bond donors (Lipinski definition) is 2. The highest BCUT2D eigenvalue weighted by Gasteiger charge is 2.30. The summed E-state index contributed by atoms with van der Waals surface area (Å²) in [7, 11) is 0. The Morgan fingerprint density at radius 3 is 2.45 bits per heavy atom. The molecule has 0 heterocycles. The molecule has 1 rings (SSSR count). The number of carbonyl (C=O) groups excluding carboxylic acids is 1. The lowest BCUT2D eigenvalue weighted by molar-refractivity contribution is -0.146. The van der Waals surface area contributed by atoms with E-state index in [1.54, 1.807) is 6.92 Å². The van der Waals surface area contributed by atoms with Crippen LogP contribution in [0.2, 0.25) is 0 Å². The SMILES string of the molecule is CC(CCOc1ccccc1)C(=O)NC(C)(C)C(=O)O. The van der Waals surface area contributed by atoms with Crippen molar-refractivity contribution in [1.82, 2.24) is 5.32 Å². The first kappa shape index (κ1) is 16.0. The number of ether oxygens (including phenoxy) is 1. The molecule has 20 heavy (non-hydrogen) atoms. The van der Waals surface area contributed by atoms with Gasteiger partial charge in [-0.2, -0.15) is 0 Å². The molecule has 0 fully saturated rings. The van der Waals surface area contributed by atoms with E-state index in [1.807, 2.05) is 30.3 Å². The lowest BCUT2D eigenvalue weighted by Gasteiger charge is -2.23. The third-order valence-electron chi connectivity index (χ3n) is 2.98. The van der Waals surface area contributed by atoms with E-state index in [2.05, 4.69) is 5.32 Å². The van der Waals surface area contributed by atoms with Gasteiger partial charge in [0.15, 0.2) is 0 Å². The summed E-state index contributed by atoms with van der Waals surface area (Å²) in [5, 5.41) is 11.5. The maximum atomic E-state index is 11.9. The predicted octanol–water partition coefficient (Wildman–Crippen LogP) is 2.07. The molecule has 0 saturated heterocycles. The lowest BCUT2D eigenvalue weighted by atomic mass is 10.0. The van der Waals surface area contributed by atoms with Crippen LogP contribution in [0.25, 0.3) is 0 Å². The van der Waals surface area contributed by atoms with Crippen LogP contribution < -0.4 is 10.1 Å². The van der Waals surface area contributed by atoms with Crippen molar-refractivity contribution in [3.8, 4) is 5.75 Å². The van der Waals surface area contributed by atoms with Crippen molar-refractivity contribution in [1.29, 1.82) is 0 Å². The summed E-state index contributed by atoms with van der Waals surface area (Å²) in [6.45, 7) is 5.08. The average Bonchev–Trinajstić information content (AvgIpc) is 2.39. The summed E-state index contributed by atoms with van der Waals surface area (Å²) in [6.07, 6.45) is 0.524. The smallest absolute Gasteiger partial charge is 0.328 e. The Morgan fingerprint density at radius 1 is 1.30 bits per heavy atom. The molecule has 1 aromatic carbocycles. The molecule has 0 radical (unpaired) electrons. The number of carbonyl (C=O) groups is 2. The number of hydrogen-bond acceptors (Lipinski definition) is 3. The zero-order chi connectivity index (χ0) is 15.2. The van der Waals surface area contributed by atoms with Gasteiger partial charge in [0.25, 0.3) is 0 Å². The average molecular weight is 279 g/mol. The number of para-hydroxylation sites is 1. The maximum absolute atomic E-state index is 11.9. The second-order valence-electron chi connectivity index (χ2n) is 5.27. The fourth-order valence-corrected chi connectivity index (χ4v) is 1.49. The van der Waals surface area contributed by atoms with Gasteiger partial charge in [-0.15, -0.1) is 0 Å². The Kier molecular flexibility index (Phi) is 5.55. The van der Waals surface area contributed by atoms with E-state index in [9.17, 15) is 9.59 Å². The Hall–Kier alpha value is -2.04. The fourth-order valence-electron chi connectivity index (χ4n) is 1.49. The van der Waals surface area contributed by atoms with Gasteiger partial charge < -0.3 is 15.2 Å². The summed E-state index contributed by atoms with van der Waals surface area (Å²) in [5.74, 6) is -0.893. The van der Waals surface area contributed by atoms with Gasteiger partial charge in [0.05, 0.1) is 6.61 Å². The van der Waals surface area contributed by atoms with Gasteiger partial charge in [0.1, 0.15) is 11.3 Å². The number of aliphatic carboxylic acids is 1. The van der Waals surface area contributed by atoms with Gasteiger partial charge >= 0.3 is 5.97 Å². The first-order chi connectivity index (χ1) is 9.33. The van der Waals surface area contributed by atoms with Crippen LogP contribution in [-0.2, 0) is 9.59 Å². The predicted molar refractivity (Wildman–Crippen MR) is 75.6 cm³/mol. The minimum Gasteiger partial charge on any atom is -0.494 e. The van der Waals surface area contributed by atoms with Crippen LogP contribution >= 0.6 is 0 Å². The van der Waals surface area contributed by atoms with Gasteiger partial charge in [-0.3, -0.25) is 4.79 Å². The molecule has 0 aliphatic carbocycles. The van der Waals surface area contributed by atoms with Gasteiger partial charge in [0.2, 0.25) is 5.91 Å². The molecule has 2 N–H and O–H groups in total. The molecule has 5 heteroatoms. The van der Waals surface area contributed by atoms with Crippen molar-refractivity contribution in [2.45, 2.75) is 32.7 Å². The zero-order valence-corrected chi connectivity index (χ0v) is 12.1. The number of rotatable bonds is 7. The third kappa shape index (κ3) is 4.91. The maximum Gasteiger partial charge on any atom is 0.328 e. The number of amides is 1. The highest BCUT2D eigenvalue weighted by Crippen LogP contribution is 2.11. The summed E-state index contributed by atoms with van der Waals surface area (Å²) in [6, 6.07) is 9.34. The van der Waals surface area contributed by atoms with E-state index in [-0.39, 0.29) is 11.8 Å². The van der Waals surface area contributed by atoms with Crippen molar-refractivity contribution in [3.05, 3.63) is 30.3 Å². The monoisotopic (exact) mass is 279 g/mol. The largest absolute Gasteiger partial charge is 0.494 e.